The minimum absolute atomic E-state index is 0.0220. The average molecular weight is 431 g/mol. The summed E-state index contributed by atoms with van der Waals surface area (Å²) in [6.45, 7) is 2.47. The zero-order valence-electron chi connectivity index (χ0n) is 18.4. The van der Waals surface area contributed by atoms with Gasteiger partial charge in [0.1, 0.15) is 5.75 Å². The Hall–Kier alpha value is -2.30. The maximum atomic E-state index is 14.3. The molecular formula is C26H32F2O3. The van der Waals surface area contributed by atoms with Gasteiger partial charge in [0.2, 0.25) is 11.6 Å². The van der Waals surface area contributed by atoms with Gasteiger partial charge in [0.05, 0.1) is 20.3 Å². The number of methoxy groups -OCH3 is 1. The van der Waals surface area contributed by atoms with Crippen LogP contribution in [0.3, 0.4) is 0 Å². The Morgan fingerprint density at radius 2 is 1.45 bits per heavy atom. The van der Waals surface area contributed by atoms with Gasteiger partial charge in [-0.3, -0.25) is 0 Å². The van der Waals surface area contributed by atoms with Gasteiger partial charge in [-0.25, -0.2) is 0 Å². The van der Waals surface area contributed by atoms with Crippen LogP contribution in [0.25, 0.3) is 0 Å². The van der Waals surface area contributed by atoms with Gasteiger partial charge in [0, 0.05) is 0 Å². The van der Waals surface area contributed by atoms with Crippen LogP contribution in [0.1, 0.15) is 56.9 Å². The predicted octanol–water partition coefficient (Wildman–Crippen LogP) is 6.75. The van der Waals surface area contributed by atoms with Crippen molar-refractivity contribution in [3.8, 4) is 17.2 Å². The summed E-state index contributed by atoms with van der Waals surface area (Å²) in [6.07, 6.45) is 7.05. The molecule has 0 heterocycles. The molecule has 0 aromatic heterocycles. The molecule has 2 aliphatic rings. The van der Waals surface area contributed by atoms with Gasteiger partial charge >= 0.3 is 0 Å². The van der Waals surface area contributed by atoms with Gasteiger partial charge in [-0.15, -0.1) is 0 Å². The Kier molecular flexibility index (Phi) is 6.99. The number of fused-ring (bicyclic) bond motifs is 1. The second-order valence-electron chi connectivity index (χ2n) is 8.92. The fourth-order valence-electron chi connectivity index (χ4n) is 5.42. The molecule has 2 saturated carbocycles. The van der Waals surface area contributed by atoms with Crippen molar-refractivity contribution in [2.45, 2.75) is 51.4 Å². The third kappa shape index (κ3) is 4.97. The molecule has 0 radical (unpaired) electrons. The van der Waals surface area contributed by atoms with Crippen LogP contribution in [0.4, 0.5) is 8.78 Å². The normalized spacial score (nSPS) is 25.5. The molecule has 31 heavy (non-hydrogen) atoms. The zero-order chi connectivity index (χ0) is 21.8. The van der Waals surface area contributed by atoms with Crippen LogP contribution in [-0.2, 0) is 0 Å². The maximum Gasteiger partial charge on any atom is 0.204 e. The highest BCUT2D eigenvalue weighted by Crippen LogP contribution is 2.47. The molecule has 0 aliphatic heterocycles. The summed E-state index contributed by atoms with van der Waals surface area (Å²) in [5.74, 6) is 1.36. The van der Waals surface area contributed by atoms with E-state index in [0.29, 0.717) is 31.0 Å². The molecule has 0 amide bonds. The van der Waals surface area contributed by atoms with E-state index in [2.05, 4.69) is 24.3 Å². The van der Waals surface area contributed by atoms with Crippen LogP contribution in [-0.4, -0.2) is 20.3 Å². The van der Waals surface area contributed by atoms with Crippen molar-refractivity contribution in [3.05, 3.63) is 53.6 Å². The number of rotatable bonds is 7. The summed E-state index contributed by atoms with van der Waals surface area (Å²) in [6, 6.07) is 11.4. The SMILES string of the molecule is CCOc1ccc(OCC2CCC3CC(c4ccc(OC)cc4)CCC3C2)c(F)c1F. The fourth-order valence-corrected chi connectivity index (χ4v) is 5.42. The van der Waals surface area contributed by atoms with Crippen molar-refractivity contribution in [2.75, 3.05) is 20.3 Å². The first-order valence-electron chi connectivity index (χ1n) is 11.5. The zero-order valence-corrected chi connectivity index (χ0v) is 18.4. The summed E-state index contributed by atoms with van der Waals surface area (Å²) in [7, 11) is 1.70. The summed E-state index contributed by atoms with van der Waals surface area (Å²) >= 11 is 0. The van der Waals surface area contributed by atoms with Crippen molar-refractivity contribution in [3.63, 3.8) is 0 Å². The molecule has 4 unspecified atom stereocenters. The molecule has 168 valence electrons. The second-order valence-corrected chi connectivity index (χ2v) is 8.92. The number of hydrogen-bond acceptors (Lipinski definition) is 3. The summed E-state index contributed by atoms with van der Waals surface area (Å²) in [4.78, 5) is 0. The highest BCUT2D eigenvalue weighted by Gasteiger charge is 2.36. The molecule has 2 aromatic carbocycles. The van der Waals surface area contributed by atoms with Crippen molar-refractivity contribution in [2.24, 2.45) is 17.8 Å². The highest BCUT2D eigenvalue weighted by molar-refractivity contribution is 5.35. The van der Waals surface area contributed by atoms with Crippen LogP contribution in [0.15, 0.2) is 36.4 Å². The van der Waals surface area contributed by atoms with Gasteiger partial charge in [-0.05, 0) is 98.9 Å². The third-order valence-electron chi connectivity index (χ3n) is 7.09. The first-order valence-corrected chi connectivity index (χ1v) is 11.5. The maximum absolute atomic E-state index is 14.3. The largest absolute Gasteiger partial charge is 0.497 e. The molecule has 0 spiro atoms. The smallest absolute Gasteiger partial charge is 0.204 e. The van der Waals surface area contributed by atoms with Crippen LogP contribution in [0.2, 0.25) is 0 Å². The van der Waals surface area contributed by atoms with E-state index in [0.717, 1.165) is 24.5 Å². The second kappa shape index (κ2) is 9.88. The quantitative estimate of drug-likeness (QED) is 0.486. The minimum Gasteiger partial charge on any atom is -0.497 e. The molecule has 2 aliphatic carbocycles. The minimum atomic E-state index is -0.972. The van der Waals surface area contributed by atoms with Crippen LogP contribution < -0.4 is 14.2 Å². The van der Waals surface area contributed by atoms with Crippen LogP contribution >= 0.6 is 0 Å². The topological polar surface area (TPSA) is 27.7 Å². The van der Waals surface area contributed by atoms with E-state index in [9.17, 15) is 8.78 Å². The molecule has 4 atom stereocenters. The summed E-state index contributed by atoms with van der Waals surface area (Å²) < 4.78 is 44.4. The van der Waals surface area contributed by atoms with Gasteiger partial charge in [-0.2, -0.15) is 8.78 Å². The molecule has 4 rings (SSSR count). The lowest BCUT2D eigenvalue weighted by atomic mass is 9.64. The summed E-state index contributed by atoms with van der Waals surface area (Å²) in [5.41, 5.74) is 1.41. The molecule has 5 heteroatoms. The van der Waals surface area contributed by atoms with Gasteiger partial charge < -0.3 is 14.2 Å². The summed E-state index contributed by atoms with van der Waals surface area (Å²) in [5, 5.41) is 0. The number of benzene rings is 2. The Balaban J connectivity index is 1.30. The van der Waals surface area contributed by atoms with Gasteiger partial charge in [0.25, 0.3) is 0 Å². The Labute approximate surface area is 183 Å². The number of halogens is 2. The number of ether oxygens (including phenoxy) is 3. The van der Waals surface area contributed by atoms with E-state index in [1.807, 2.05) is 0 Å². The van der Waals surface area contributed by atoms with Crippen molar-refractivity contribution >= 4 is 0 Å². The predicted molar refractivity (Wildman–Crippen MR) is 117 cm³/mol. The molecule has 2 aromatic rings. The van der Waals surface area contributed by atoms with E-state index in [-0.39, 0.29) is 11.5 Å². The third-order valence-corrected chi connectivity index (χ3v) is 7.09. The van der Waals surface area contributed by atoms with Gasteiger partial charge in [0.15, 0.2) is 11.5 Å². The molecule has 0 saturated heterocycles. The Morgan fingerprint density at radius 1 is 0.806 bits per heavy atom. The molecular weight excluding hydrogens is 398 g/mol. The van der Waals surface area contributed by atoms with Crippen LogP contribution in [0, 0.1) is 29.4 Å². The van der Waals surface area contributed by atoms with E-state index in [4.69, 9.17) is 14.2 Å². The number of hydrogen-bond donors (Lipinski definition) is 0. The van der Waals surface area contributed by atoms with Crippen molar-refractivity contribution in [1.82, 2.24) is 0 Å². The molecule has 0 N–H and O–H groups in total. The lowest BCUT2D eigenvalue weighted by Gasteiger charge is -2.42. The molecule has 0 bridgehead atoms. The van der Waals surface area contributed by atoms with Crippen molar-refractivity contribution in [1.29, 1.82) is 0 Å². The average Bonchev–Trinajstić information content (AvgIpc) is 2.81. The van der Waals surface area contributed by atoms with E-state index < -0.39 is 11.6 Å². The van der Waals surface area contributed by atoms with E-state index in [1.165, 1.54) is 43.4 Å². The van der Waals surface area contributed by atoms with Crippen LogP contribution in [0.5, 0.6) is 17.2 Å². The first kappa shape index (κ1) is 21.9. The Bertz CT molecular complexity index is 868. The monoisotopic (exact) mass is 430 g/mol. The first-order chi connectivity index (χ1) is 15.1. The Morgan fingerprint density at radius 3 is 2.13 bits per heavy atom. The van der Waals surface area contributed by atoms with E-state index >= 15 is 0 Å². The van der Waals surface area contributed by atoms with Crippen molar-refractivity contribution < 1.29 is 23.0 Å². The molecule has 3 nitrogen and oxygen atoms in total. The molecule has 2 fully saturated rings. The standard InChI is InChI=1S/C26H32F2O3/c1-3-30-23-12-13-24(26(28)25(23)27)31-16-17-4-5-21-15-20(7-6-19(21)14-17)18-8-10-22(29-2)11-9-18/h8-13,17,19-21H,3-7,14-16H2,1-2H3. The van der Waals surface area contributed by atoms with E-state index in [1.54, 1.807) is 14.0 Å². The highest BCUT2D eigenvalue weighted by atomic mass is 19.2. The van der Waals surface area contributed by atoms with Gasteiger partial charge in [-0.1, -0.05) is 12.1 Å². The fraction of sp³-hybridized carbons (Fsp3) is 0.538. The lowest BCUT2D eigenvalue weighted by molar-refractivity contribution is 0.0901. The lowest BCUT2D eigenvalue weighted by Crippen LogP contribution is -2.32.